The van der Waals surface area contributed by atoms with Crippen molar-refractivity contribution in [3.05, 3.63) is 0 Å². The van der Waals surface area contributed by atoms with E-state index < -0.39 is 79.7 Å². The number of rotatable bonds is 67. The van der Waals surface area contributed by atoms with Crippen molar-refractivity contribution < 1.29 is 95.8 Å². The first kappa shape index (κ1) is 94.1. The maximum absolute atomic E-state index is 12.3. The molecule has 95 heavy (non-hydrogen) atoms. The van der Waals surface area contributed by atoms with Gasteiger partial charge >= 0.3 is 79.7 Å². The summed E-state index contributed by atoms with van der Waals surface area (Å²) in [5.74, 6) is 0. The fourth-order valence-corrected chi connectivity index (χ4v) is 45.8. The zero-order valence-electron chi connectivity index (χ0n) is 64.8. The fraction of sp³-hybridized carbons (Fsp3) is 1.00. The molecule has 0 aromatic carbocycles. The molecule has 1 saturated heterocycles. The van der Waals surface area contributed by atoms with Crippen molar-refractivity contribution >= 4 is 79.7 Å². The van der Waals surface area contributed by atoms with E-state index in [0.29, 0.717) is 24.9 Å². The van der Waals surface area contributed by atoms with E-state index in [2.05, 4.69) is 55.9 Å². The van der Waals surface area contributed by atoms with Gasteiger partial charge in [-0.05, 0) is 74.1 Å². The third kappa shape index (κ3) is 39.7. The van der Waals surface area contributed by atoms with Gasteiger partial charge in [0.05, 0.1) is 53.4 Å². The third-order valence-corrected chi connectivity index (χ3v) is 50.4. The second-order valence-corrected chi connectivity index (χ2v) is 52.7. The van der Waals surface area contributed by atoms with E-state index >= 15 is 0 Å². The number of hydrogen-bond acceptors (Lipinski definition) is 20. The first-order valence-corrected chi connectivity index (χ1v) is 56.1. The number of unbranched alkanes of at least 4 members (excludes halogenated alkanes) is 26. The highest BCUT2D eigenvalue weighted by Crippen LogP contribution is 2.39. The molecule has 31 heteroatoms. The second kappa shape index (κ2) is 49.0. The highest BCUT2D eigenvalue weighted by atomic mass is 28.6. The lowest BCUT2D eigenvalue weighted by atomic mass is 10.0. The number of quaternary nitrogens is 2. The molecule has 7 unspecified atom stereocenters. The van der Waals surface area contributed by atoms with Crippen molar-refractivity contribution in [1.82, 2.24) is 0 Å². The number of nitrogens with zero attached hydrogens (tertiary/aromatic N) is 2. The molecule has 1 aliphatic rings. The molecule has 22 nitrogen and oxygen atoms in total. The topological polar surface area (TPSA) is 218 Å². The normalized spacial score (nSPS) is 20.6. The van der Waals surface area contributed by atoms with Gasteiger partial charge in [-0.25, -0.2) is 0 Å². The highest BCUT2D eigenvalue weighted by Gasteiger charge is 2.70. The third-order valence-electron chi connectivity index (χ3n) is 18.6. The van der Waals surface area contributed by atoms with Crippen molar-refractivity contribution in [3.63, 3.8) is 0 Å². The minimum absolute atomic E-state index is 0.0996. The van der Waals surface area contributed by atoms with Crippen LogP contribution < -0.4 is 0 Å². The number of hydrogen-bond donors (Lipinski definition) is 3. The van der Waals surface area contributed by atoms with Crippen LogP contribution in [0.1, 0.15) is 268 Å². The van der Waals surface area contributed by atoms with E-state index in [1.807, 2.05) is 0 Å². The molecule has 7 atom stereocenters. The molecule has 0 spiro atoms. The highest BCUT2D eigenvalue weighted by molar-refractivity contribution is 6.94. The summed E-state index contributed by atoms with van der Waals surface area (Å²) in [6, 6.07) is 1.33. The van der Waals surface area contributed by atoms with Crippen molar-refractivity contribution in [2.45, 2.75) is 325 Å². The fourth-order valence-electron chi connectivity index (χ4n) is 12.3. The molecular weight excluding hydrogens is 1370 g/mol. The van der Waals surface area contributed by atoms with Crippen LogP contribution in [0.15, 0.2) is 0 Å². The Hall–Kier alpha value is 1.07. The SMILES string of the molecule is CCCCCCCCCCCCCCCCC(C)[N+](C)(C)CCC[Si](O)(OCC)O[Si](OCC)(OCC)O[Si](C)(OC)O[Si](C)(O)O[Si]1(C)O[Si](C)(O[Si](C)(OC)O[Si](OCC)(OCC)O[Si](O)(CCC[N+](C)(C)C(C)CCCCCCCCCCCCCCCC)OC)O1. The average molecular weight is 1520 g/mol. The predicted molar refractivity (Wildman–Crippen MR) is 398 cm³/mol. The smallest absolute Gasteiger partial charge is 0.391 e. The average Bonchev–Trinajstić information content (AvgIpc) is 0.744. The Morgan fingerprint density at radius 2 is 0.653 bits per heavy atom. The van der Waals surface area contributed by atoms with Gasteiger partial charge in [0.25, 0.3) is 0 Å². The molecule has 1 rings (SSSR count). The van der Waals surface area contributed by atoms with Gasteiger partial charge in [-0.3, -0.25) is 0 Å². The quantitative estimate of drug-likeness (QED) is 0.0293. The molecule has 0 bridgehead atoms. The summed E-state index contributed by atoms with van der Waals surface area (Å²) in [5, 5.41) is 0. The van der Waals surface area contributed by atoms with Gasteiger partial charge in [0.2, 0.25) is 0 Å². The molecule has 1 aliphatic heterocycles. The summed E-state index contributed by atoms with van der Waals surface area (Å²) in [5.41, 5.74) is 0. The molecule has 570 valence electrons. The first-order chi connectivity index (χ1) is 44.7. The Kier molecular flexibility index (Phi) is 48.5. The standard InChI is InChI=1S/C64H150N2O20Si9/c1-22-29-31-33-35-37-39-41-43-45-47-49-51-53-57-63(8)65(10,11)59-55-61-92(68,72-16)85-94(74-25-4,75-26-5)84-89(19,71-15)80-91(21)81-90(20,82-91)79-87(17,67)78-88(18,70-14)83-95(76-27-6,77-28-7)86-93(69,73-24-3)62-56-60-66(12,13)64(9)58-54-52-50-48-46-44-42-40-38-36-34-32-30-23-2/h63-64,67-69H,22-62H2,1-21H3/q+2. The molecule has 1 heterocycles. The molecule has 0 aromatic rings. The van der Waals surface area contributed by atoms with Gasteiger partial charge in [-0.15, -0.1) is 0 Å². The van der Waals surface area contributed by atoms with Crippen LogP contribution in [0.2, 0.25) is 44.8 Å². The summed E-state index contributed by atoms with van der Waals surface area (Å²) in [7, 11) is -23.1. The summed E-state index contributed by atoms with van der Waals surface area (Å²) in [6.45, 7) is 28.2. The van der Waals surface area contributed by atoms with Gasteiger partial charge in [0.1, 0.15) is 0 Å². The summed E-state index contributed by atoms with van der Waals surface area (Å²) >= 11 is 0. The molecule has 0 amide bonds. The maximum atomic E-state index is 12.3. The largest absolute Gasteiger partial charge is 0.664 e. The van der Waals surface area contributed by atoms with Crippen LogP contribution in [0.5, 0.6) is 0 Å². The van der Waals surface area contributed by atoms with E-state index in [-0.39, 0.29) is 45.1 Å². The van der Waals surface area contributed by atoms with E-state index in [9.17, 15) is 14.4 Å². The molecule has 0 radical (unpaired) electrons. The monoisotopic (exact) mass is 1520 g/mol. The molecule has 0 saturated carbocycles. The zero-order chi connectivity index (χ0) is 71.7. The summed E-state index contributed by atoms with van der Waals surface area (Å²) in [4.78, 5) is 36.5. The van der Waals surface area contributed by atoms with Crippen LogP contribution >= 0.6 is 0 Å². The van der Waals surface area contributed by atoms with Crippen LogP contribution in [0.4, 0.5) is 0 Å². The van der Waals surface area contributed by atoms with Gasteiger partial charge in [0, 0.05) is 112 Å². The van der Waals surface area contributed by atoms with Crippen LogP contribution in [-0.2, 0) is 72.4 Å². The predicted octanol–water partition coefficient (Wildman–Crippen LogP) is 15.3. The Morgan fingerprint density at radius 3 is 0.968 bits per heavy atom. The summed E-state index contributed by atoms with van der Waals surface area (Å²) < 4.78 is 109. The molecule has 1 fully saturated rings. The van der Waals surface area contributed by atoms with E-state index in [4.69, 9.17) is 72.4 Å². The molecular formula is C64H150N2O20Si9+2. The first-order valence-electron chi connectivity index (χ1n) is 37.7. The van der Waals surface area contributed by atoms with E-state index in [0.717, 1.165) is 34.9 Å². The van der Waals surface area contributed by atoms with E-state index in [1.165, 1.54) is 208 Å². The van der Waals surface area contributed by atoms with Crippen LogP contribution in [0.3, 0.4) is 0 Å². The van der Waals surface area contributed by atoms with Gasteiger partial charge in [0.15, 0.2) is 0 Å². The maximum Gasteiger partial charge on any atom is 0.664 e. The Labute approximate surface area is 592 Å². The van der Waals surface area contributed by atoms with Crippen molar-refractivity contribution in [2.75, 3.05) is 95.6 Å². The molecule has 0 aromatic heterocycles. The lowest BCUT2D eigenvalue weighted by Crippen LogP contribution is -2.77. The van der Waals surface area contributed by atoms with Crippen LogP contribution in [0, 0.1) is 0 Å². The molecule has 3 N–H and O–H groups in total. The zero-order valence-corrected chi connectivity index (χ0v) is 73.8. The Morgan fingerprint density at radius 1 is 0.358 bits per heavy atom. The summed E-state index contributed by atoms with van der Waals surface area (Å²) in [6.07, 6.45) is 41.1. The van der Waals surface area contributed by atoms with Crippen molar-refractivity contribution in [3.8, 4) is 0 Å². The van der Waals surface area contributed by atoms with Gasteiger partial charge in [-0.2, -0.15) is 0 Å². The minimum Gasteiger partial charge on any atom is -0.391 e. The van der Waals surface area contributed by atoms with Crippen LogP contribution in [-0.4, -0.2) is 211 Å². The van der Waals surface area contributed by atoms with Crippen LogP contribution in [0.25, 0.3) is 0 Å². The van der Waals surface area contributed by atoms with Crippen molar-refractivity contribution in [2.24, 2.45) is 0 Å². The minimum atomic E-state index is -4.37. The Balaban J connectivity index is 3.00. The van der Waals surface area contributed by atoms with Gasteiger partial charge < -0.3 is 95.8 Å². The molecule has 0 aliphatic carbocycles. The lowest BCUT2D eigenvalue weighted by Gasteiger charge is -2.51. The lowest BCUT2D eigenvalue weighted by molar-refractivity contribution is -0.913. The Bertz CT molecular complexity index is 1910. The van der Waals surface area contributed by atoms with E-state index in [1.54, 1.807) is 60.8 Å². The van der Waals surface area contributed by atoms with Gasteiger partial charge in [-0.1, -0.05) is 181 Å². The van der Waals surface area contributed by atoms with Crippen molar-refractivity contribution in [1.29, 1.82) is 0 Å². The second-order valence-electron chi connectivity index (χ2n) is 28.1.